The molecule has 1 aliphatic rings. The normalized spacial score (nSPS) is 16.2. The van der Waals surface area contributed by atoms with Gasteiger partial charge in [0.25, 0.3) is 0 Å². The first-order valence-electron chi connectivity index (χ1n) is 5.10. The van der Waals surface area contributed by atoms with Crippen molar-refractivity contribution in [1.82, 2.24) is 9.97 Å². The van der Waals surface area contributed by atoms with E-state index in [2.05, 4.69) is 23.8 Å². The van der Waals surface area contributed by atoms with Crippen LogP contribution in [0, 0.1) is 13.8 Å². The average Bonchev–Trinajstić information content (AvgIpc) is 2.95. The zero-order valence-corrected chi connectivity index (χ0v) is 10.2. The fourth-order valence-electron chi connectivity index (χ4n) is 1.74. The highest BCUT2D eigenvalue weighted by Gasteiger charge is 2.28. The van der Waals surface area contributed by atoms with E-state index >= 15 is 0 Å². The van der Waals surface area contributed by atoms with Crippen LogP contribution >= 0.6 is 22.9 Å². The van der Waals surface area contributed by atoms with Gasteiger partial charge in [0.05, 0.1) is 5.39 Å². The van der Waals surface area contributed by atoms with E-state index in [1.165, 1.54) is 23.3 Å². The third-order valence-electron chi connectivity index (χ3n) is 2.94. The third-order valence-corrected chi connectivity index (χ3v) is 4.32. The number of hydrogen-bond donors (Lipinski definition) is 0. The summed E-state index contributed by atoms with van der Waals surface area (Å²) in [4.78, 5) is 11.3. The lowest BCUT2D eigenvalue weighted by atomic mass is 10.2. The van der Waals surface area contributed by atoms with Crippen LogP contribution in [0.3, 0.4) is 0 Å². The van der Waals surface area contributed by atoms with Gasteiger partial charge in [-0.15, -0.1) is 11.3 Å². The molecule has 1 saturated carbocycles. The molecule has 78 valence electrons. The van der Waals surface area contributed by atoms with Crippen LogP contribution in [0.25, 0.3) is 10.2 Å². The van der Waals surface area contributed by atoms with Gasteiger partial charge in [-0.3, -0.25) is 0 Å². The molecule has 4 heteroatoms. The van der Waals surface area contributed by atoms with Crippen LogP contribution in [-0.4, -0.2) is 9.97 Å². The molecule has 2 heterocycles. The number of nitrogens with zero attached hydrogens (tertiary/aromatic N) is 2. The molecule has 15 heavy (non-hydrogen) atoms. The molecule has 2 aromatic rings. The monoisotopic (exact) mass is 238 g/mol. The van der Waals surface area contributed by atoms with E-state index < -0.39 is 0 Å². The van der Waals surface area contributed by atoms with Crippen LogP contribution in [0.5, 0.6) is 0 Å². The van der Waals surface area contributed by atoms with Crippen molar-refractivity contribution in [2.45, 2.75) is 32.6 Å². The summed E-state index contributed by atoms with van der Waals surface area (Å²) in [7, 11) is 0. The van der Waals surface area contributed by atoms with Gasteiger partial charge >= 0.3 is 0 Å². The molecule has 0 unspecified atom stereocenters. The maximum Gasteiger partial charge on any atom is 0.141 e. The molecule has 0 bridgehead atoms. The highest BCUT2D eigenvalue weighted by molar-refractivity contribution is 7.18. The molecular formula is C11H11ClN2S. The van der Waals surface area contributed by atoms with Crippen LogP contribution in [-0.2, 0) is 0 Å². The predicted molar refractivity (Wildman–Crippen MR) is 63.9 cm³/mol. The highest BCUT2D eigenvalue weighted by atomic mass is 35.5. The molecule has 1 fully saturated rings. The Hall–Kier alpha value is -0.670. The largest absolute Gasteiger partial charge is 0.222 e. The first kappa shape index (κ1) is 9.55. The van der Waals surface area contributed by atoms with Crippen molar-refractivity contribution in [2.75, 3.05) is 0 Å². The standard InChI is InChI=1S/C11H11ClN2S/c1-5-6(2)15-11-8(5)9(12)13-10(14-11)7-3-4-7/h7H,3-4H2,1-2H3. The topological polar surface area (TPSA) is 25.8 Å². The number of aromatic nitrogens is 2. The quantitative estimate of drug-likeness (QED) is 0.706. The Bertz CT molecular complexity index is 543. The smallest absolute Gasteiger partial charge is 0.141 e. The van der Waals surface area contributed by atoms with Gasteiger partial charge in [-0.25, -0.2) is 9.97 Å². The molecule has 0 atom stereocenters. The fourth-order valence-corrected chi connectivity index (χ4v) is 3.15. The first-order valence-corrected chi connectivity index (χ1v) is 6.29. The molecule has 0 aliphatic heterocycles. The van der Waals surface area contributed by atoms with Crippen molar-refractivity contribution in [2.24, 2.45) is 0 Å². The summed E-state index contributed by atoms with van der Waals surface area (Å²) in [6.45, 7) is 4.19. The van der Waals surface area contributed by atoms with Gasteiger partial charge in [0.2, 0.25) is 0 Å². The fraction of sp³-hybridized carbons (Fsp3) is 0.455. The molecule has 0 N–H and O–H groups in total. The molecular weight excluding hydrogens is 228 g/mol. The van der Waals surface area contributed by atoms with Gasteiger partial charge in [-0.1, -0.05) is 11.6 Å². The molecule has 0 amide bonds. The zero-order valence-electron chi connectivity index (χ0n) is 8.67. The second kappa shape index (κ2) is 3.16. The maximum absolute atomic E-state index is 6.21. The van der Waals surface area contributed by atoms with E-state index in [0.29, 0.717) is 11.1 Å². The number of halogens is 1. The molecule has 2 aromatic heterocycles. The van der Waals surface area contributed by atoms with Crippen molar-refractivity contribution in [3.05, 3.63) is 21.4 Å². The number of thiophene rings is 1. The van der Waals surface area contributed by atoms with E-state index in [4.69, 9.17) is 11.6 Å². The summed E-state index contributed by atoms with van der Waals surface area (Å²) >= 11 is 7.92. The van der Waals surface area contributed by atoms with Crippen molar-refractivity contribution < 1.29 is 0 Å². The van der Waals surface area contributed by atoms with Crippen molar-refractivity contribution in [1.29, 1.82) is 0 Å². The number of aryl methyl sites for hydroxylation is 2. The lowest BCUT2D eigenvalue weighted by Crippen LogP contribution is -1.92. The minimum Gasteiger partial charge on any atom is -0.222 e. The van der Waals surface area contributed by atoms with Gasteiger partial charge in [0, 0.05) is 10.8 Å². The van der Waals surface area contributed by atoms with Crippen LogP contribution in [0.1, 0.15) is 35.0 Å². The van der Waals surface area contributed by atoms with E-state index in [1.807, 2.05) is 0 Å². The van der Waals surface area contributed by atoms with Crippen LogP contribution in [0.2, 0.25) is 5.15 Å². The molecule has 0 saturated heterocycles. The highest BCUT2D eigenvalue weighted by Crippen LogP contribution is 2.41. The van der Waals surface area contributed by atoms with Crippen molar-refractivity contribution in [3.63, 3.8) is 0 Å². The second-order valence-electron chi connectivity index (χ2n) is 4.11. The molecule has 0 radical (unpaired) electrons. The Morgan fingerprint density at radius 3 is 2.67 bits per heavy atom. The van der Waals surface area contributed by atoms with Gasteiger partial charge in [0.15, 0.2) is 0 Å². The maximum atomic E-state index is 6.21. The Labute approximate surface area is 97.3 Å². The first-order chi connectivity index (χ1) is 7.16. The number of hydrogen-bond acceptors (Lipinski definition) is 3. The van der Waals surface area contributed by atoms with Gasteiger partial charge in [-0.05, 0) is 32.3 Å². The van der Waals surface area contributed by atoms with Gasteiger partial charge in [0.1, 0.15) is 15.8 Å². The lowest BCUT2D eigenvalue weighted by molar-refractivity contribution is 0.951. The SMILES string of the molecule is Cc1sc2nc(C3CC3)nc(Cl)c2c1C. The van der Waals surface area contributed by atoms with Gasteiger partial charge in [-0.2, -0.15) is 0 Å². The van der Waals surface area contributed by atoms with Crippen LogP contribution < -0.4 is 0 Å². The Morgan fingerprint density at radius 2 is 2.00 bits per heavy atom. The Kier molecular flexibility index (Phi) is 2.01. The van der Waals surface area contributed by atoms with E-state index in [9.17, 15) is 0 Å². The molecule has 1 aliphatic carbocycles. The molecule has 0 aromatic carbocycles. The summed E-state index contributed by atoms with van der Waals surface area (Å²) in [5.41, 5.74) is 1.22. The summed E-state index contributed by atoms with van der Waals surface area (Å²) in [5, 5.41) is 1.67. The van der Waals surface area contributed by atoms with Crippen LogP contribution in [0.4, 0.5) is 0 Å². The van der Waals surface area contributed by atoms with Crippen LogP contribution in [0.15, 0.2) is 0 Å². The minimum atomic E-state index is 0.564. The van der Waals surface area contributed by atoms with E-state index in [-0.39, 0.29) is 0 Å². The summed E-state index contributed by atoms with van der Waals surface area (Å²) in [6, 6.07) is 0. The minimum absolute atomic E-state index is 0.564. The molecule has 2 nitrogen and oxygen atoms in total. The summed E-state index contributed by atoms with van der Waals surface area (Å²) in [6.07, 6.45) is 2.43. The Balaban J connectivity index is 2.31. The third kappa shape index (κ3) is 1.45. The molecule has 3 rings (SSSR count). The van der Waals surface area contributed by atoms with Gasteiger partial charge < -0.3 is 0 Å². The lowest BCUT2D eigenvalue weighted by Gasteiger charge is -1.99. The second-order valence-corrected chi connectivity index (χ2v) is 5.67. The number of rotatable bonds is 1. The Morgan fingerprint density at radius 1 is 1.27 bits per heavy atom. The molecule has 0 spiro atoms. The number of fused-ring (bicyclic) bond motifs is 1. The summed E-state index contributed by atoms with van der Waals surface area (Å²) < 4.78 is 0. The summed E-state index contributed by atoms with van der Waals surface area (Å²) in [5.74, 6) is 1.50. The van der Waals surface area contributed by atoms with E-state index in [1.54, 1.807) is 11.3 Å². The predicted octanol–water partition coefficient (Wildman–Crippen LogP) is 3.84. The average molecular weight is 239 g/mol. The van der Waals surface area contributed by atoms with Crippen molar-refractivity contribution in [3.8, 4) is 0 Å². The van der Waals surface area contributed by atoms with E-state index in [0.717, 1.165) is 16.0 Å². The zero-order chi connectivity index (χ0) is 10.6. The van der Waals surface area contributed by atoms with Crippen molar-refractivity contribution >= 4 is 33.2 Å².